The molecule has 3 heterocycles. The lowest BCUT2D eigenvalue weighted by Crippen LogP contribution is -2.65. The van der Waals surface area contributed by atoms with Crippen LogP contribution >= 0.6 is 0 Å². The molecule has 0 unspecified atom stereocenters. The van der Waals surface area contributed by atoms with E-state index in [0.717, 1.165) is 12.8 Å². The number of hydrogen-bond donors (Lipinski definition) is 0. The zero-order valence-electron chi connectivity index (χ0n) is 13.8. The molecule has 2 bridgehead atoms. The van der Waals surface area contributed by atoms with Gasteiger partial charge in [0.15, 0.2) is 0 Å². The number of hydrogen-bond acceptors (Lipinski definition) is 2. The second-order valence-corrected chi connectivity index (χ2v) is 7.82. The van der Waals surface area contributed by atoms with Gasteiger partial charge in [-0.05, 0) is 25.0 Å². The predicted octanol–water partition coefficient (Wildman–Crippen LogP) is 2.58. The Balaban J connectivity index is 1.67. The molecule has 1 fully saturated rings. The minimum Gasteiger partial charge on any atom is -0.245 e. The molecular weight excluding hydrogens is 314 g/mol. The lowest BCUT2D eigenvalue weighted by atomic mass is 9.42. The molecule has 5 nitrogen and oxygen atoms in total. The van der Waals surface area contributed by atoms with Gasteiger partial charge in [-0.15, -0.1) is 0 Å². The van der Waals surface area contributed by atoms with Crippen molar-refractivity contribution in [1.29, 1.82) is 0 Å². The summed E-state index contributed by atoms with van der Waals surface area (Å²) in [5.41, 5.74) is 0.242. The van der Waals surface area contributed by atoms with E-state index < -0.39 is 0 Å². The van der Waals surface area contributed by atoms with Gasteiger partial charge in [0.1, 0.15) is 0 Å². The Bertz CT molecular complexity index is 1010. The van der Waals surface area contributed by atoms with E-state index in [4.69, 9.17) is 0 Å². The average Bonchev–Trinajstić information content (AvgIpc) is 2.90. The molecule has 0 amide bonds. The fourth-order valence-corrected chi connectivity index (χ4v) is 5.95. The van der Waals surface area contributed by atoms with E-state index in [1.54, 1.807) is 9.36 Å². The quantitative estimate of drug-likeness (QED) is 0.753. The second kappa shape index (κ2) is 4.15. The van der Waals surface area contributed by atoms with E-state index in [2.05, 4.69) is 24.3 Å². The van der Waals surface area contributed by atoms with Crippen LogP contribution in [-0.2, 0) is 0 Å². The highest BCUT2D eigenvalue weighted by Gasteiger charge is 2.67. The summed E-state index contributed by atoms with van der Waals surface area (Å²) in [4.78, 5) is 26.4. The first kappa shape index (κ1) is 13.7. The van der Waals surface area contributed by atoms with Crippen LogP contribution in [0, 0.1) is 10.8 Å². The number of aromatic nitrogens is 3. The van der Waals surface area contributed by atoms with Crippen molar-refractivity contribution in [1.82, 2.24) is 13.9 Å². The fraction of sp³-hybridized carbons (Fsp3) is 0.400. The van der Waals surface area contributed by atoms with E-state index in [-0.39, 0.29) is 34.3 Å². The highest BCUT2D eigenvalue weighted by Crippen LogP contribution is 2.72. The van der Waals surface area contributed by atoms with Crippen LogP contribution < -0.4 is 11.4 Å². The van der Waals surface area contributed by atoms with Crippen LogP contribution in [0.4, 0.5) is 0 Å². The van der Waals surface area contributed by atoms with Crippen molar-refractivity contribution in [3.63, 3.8) is 0 Å². The van der Waals surface area contributed by atoms with Gasteiger partial charge in [0.25, 0.3) is 0 Å². The Kier molecular flexibility index (Phi) is 2.28. The van der Waals surface area contributed by atoms with Gasteiger partial charge in [-0.2, -0.15) is 0 Å². The molecule has 0 spiro atoms. The van der Waals surface area contributed by atoms with E-state index in [1.165, 1.54) is 17.4 Å². The van der Waals surface area contributed by atoms with E-state index in [1.807, 2.05) is 30.3 Å². The fourth-order valence-electron chi connectivity index (χ4n) is 5.95. The SMILES string of the molecule is O=c1n(-c2ccccc2)c(=O)n2n1[C@@H]1C=C[C@@H]2[C@]23C=C[C@]12CCCC3. The van der Waals surface area contributed by atoms with Crippen molar-refractivity contribution in [2.75, 3.05) is 0 Å². The molecule has 3 aliphatic carbocycles. The maximum atomic E-state index is 13.2. The standard InChI is InChI=1S/C20H19N3O2/c24-17-21(14-6-2-1-3-7-14)18(25)23-16-9-8-15(22(17)23)19-10-4-5-11-20(16,19)13-12-19/h1-3,6-9,12-13,15-16H,4-5,10-11H2/t15-,16-,19-,20+/m1/s1. The molecule has 1 aromatic carbocycles. The van der Waals surface area contributed by atoms with Crippen molar-refractivity contribution >= 4 is 0 Å². The van der Waals surface area contributed by atoms with Crippen LogP contribution in [0.5, 0.6) is 0 Å². The minimum absolute atomic E-state index is 0.0177. The van der Waals surface area contributed by atoms with Gasteiger partial charge in [-0.3, -0.25) is 0 Å². The molecule has 25 heavy (non-hydrogen) atoms. The Hall–Kier alpha value is -2.56. The van der Waals surface area contributed by atoms with Crippen LogP contribution in [0.1, 0.15) is 37.8 Å². The molecule has 0 radical (unpaired) electrons. The predicted molar refractivity (Wildman–Crippen MR) is 94.0 cm³/mol. The van der Waals surface area contributed by atoms with E-state index in [0.29, 0.717) is 5.69 Å². The molecule has 5 heteroatoms. The highest BCUT2D eigenvalue weighted by molar-refractivity contribution is 5.41. The van der Waals surface area contributed by atoms with Crippen molar-refractivity contribution < 1.29 is 0 Å². The number of benzene rings is 1. The summed E-state index contributed by atoms with van der Waals surface area (Å²) in [5.74, 6) is 0. The van der Waals surface area contributed by atoms with Crippen molar-refractivity contribution in [2.45, 2.75) is 37.8 Å². The van der Waals surface area contributed by atoms with Gasteiger partial charge in [-0.1, -0.05) is 55.3 Å². The van der Waals surface area contributed by atoms with Crippen LogP contribution in [0.25, 0.3) is 5.69 Å². The molecular formula is C20H19N3O2. The first-order valence-corrected chi connectivity index (χ1v) is 9.10. The Morgan fingerprint density at radius 2 is 1.32 bits per heavy atom. The summed E-state index contributed by atoms with van der Waals surface area (Å²) < 4.78 is 4.79. The molecule has 1 saturated carbocycles. The number of para-hydroxylation sites is 1. The molecule has 5 aliphatic rings. The monoisotopic (exact) mass is 333 g/mol. The topological polar surface area (TPSA) is 48.9 Å². The maximum Gasteiger partial charge on any atom is 0.352 e. The maximum absolute atomic E-state index is 13.2. The third-order valence-electron chi connectivity index (χ3n) is 7.05. The molecule has 4 atom stereocenters. The number of rotatable bonds is 1. The summed E-state index contributed by atoms with van der Waals surface area (Å²) in [5, 5.41) is 0. The first-order chi connectivity index (χ1) is 12.2. The van der Waals surface area contributed by atoms with Gasteiger partial charge >= 0.3 is 11.4 Å². The first-order valence-electron chi connectivity index (χ1n) is 9.10. The minimum atomic E-state index is -0.218. The van der Waals surface area contributed by atoms with Crippen LogP contribution in [0.3, 0.4) is 0 Å². The van der Waals surface area contributed by atoms with Crippen LogP contribution in [-0.4, -0.2) is 13.9 Å². The summed E-state index contributed by atoms with van der Waals surface area (Å²) in [6, 6.07) is 9.16. The molecule has 0 saturated heterocycles. The zero-order valence-corrected chi connectivity index (χ0v) is 13.8. The zero-order chi connectivity index (χ0) is 16.8. The molecule has 7 rings (SSSR count). The molecule has 2 aromatic rings. The van der Waals surface area contributed by atoms with E-state index in [9.17, 15) is 9.59 Å². The Morgan fingerprint density at radius 1 is 0.800 bits per heavy atom. The van der Waals surface area contributed by atoms with Crippen molar-refractivity contribution in [2.24, 2.45) is 10.8 Å². The normalized spacial score (nSPS) is 36.5. The van der Waals surface area contributed by atoms with Gasteiger partial charge in [0.2, 0.25) is 0 Å². The third-order valence-corrected chi connectivity index (χ3v) is 7.05. The lowest BCUT2D eigenvalue weighted by Gasteiger charge is -2.67. The smallest absolute Gasteiger partial charge is 0.245 e. The summed E-state index contributed by atoms with van der Waals surface area (Å²) in [6.45, 7) is 0. The molecule has 1 aromatic heterocycles. The molecule has 126 valence electrons. The van der Waals surface area contributed by atoms with Gasteiger partial charge in [0.05, 0.1) is 17.8 Å². The summed E-state index contributed by atoms with van der Waals surface area (Å²) >= 11 is 0. The molecule has 2 aliphatic heterocycles. The van der Waals surface area contributed by atoms with Gasteiger partial charge < -0.3 is 0 Å². The van der Waals surface area contributed by atoms with E-state index >= 15 is 0 Å². The second-order valence-electron chi connectivity index (χ2n) is 7.82. The summed E-state index contributed by atoms with van der Waals surface area (Å²) in [6.07, 6.45) is 13.5. The van der Waals surface area contributed by atoms with Crippen LogP contribution in [0.15, 0.2) is 64.2 Å². The number of nitrogens with zero attached hydrogens (tertiary/aromatic N) is 3. The molecule has 0 N–H and O–H groups in total. The highest BCUT2D eigenvalue weighted by atomic mass is 16.2. The van der Waals surface area contributed by atoms with Gasteiger partial charge in [-0.25, -0.2) is 23.5 Å². The Labute approximate surface area is 144 Å². The van der Waals surface area contributed by atoms with Crippen LogP contribution in [0.2, 0.25) is 0 Å². The summed E-state index contributed by atoms with van der Waals surface area (Å²) in [7, 11) is 0. The Morgan fingerprint density at radius 3 is 1.80 bits per heavy atom. The lowest BCUT2D eigenvalue weighted by molar-refractivity contribution is -0.0812. The van der Waals surface area contributed by atoms with Crippen molar-refractivity contribution in [3.05, 3.63) is 75.6 Å². The third kappa shape index (κ3) is 1.28. The van der Waals surface area contributed by atoms with Crippen molar-refractivity contribution in [3.8, 4) is 5.69 Å². The van der Waals surface area contributed by atoms with Gasteiger partial charge in [0, 0.05) is 10.8 Å². The largest absolute Gasteiger partial charge is 0.352 e. The average molecular weight is 333 g/mol. The number of allylic oxidation sites excluding steroid dienone is 4.